The molecule has 0 unspecified atom stereocenters. The number of hydrogen-bond donors (Lipinski definition) is 1. The Morgan fingerprint density at radius 1 is 1.07 bits per heavy atom. The normalized spacial score (nSPS) is 17.4. The average molecular weight is 624 g/mol. The van der Waals surface area contributed by atoms with Gasteiger partial charge in [0.2, 0.25) is 15.9 Å². The summed E-state index contributed by atoms with van der Waals surface area (Å²) in [5, 5.41) is 9.95. The fourth-order valence-corrected chi connectivity index (χ4v) is 5.96. The Morgan fingerprint density at radius 2 is 1.80 bits per heavy atom. The maximum Gasteiger partial charge on any atom is 0.259 e. The van der Waals surface area contributed by atoms with Gasteiger partial charge >= 0.3 is 0 Å². The van der Waals surface area contributed by atoms with Gasteiger partial charge in [-0.3, -0.25) is 4.79 Å². The van der Waals surface area contributed by atoms with Crippen molar-refractivity contribution in [3.63, 3.8) is 0 Å². The smallest absolute Gasteiger partial charge is 0.259 e. The van der Waals surface area contributed by atoms with Crippen molar-refractivity contribution < 1.29 is 37.3 Å². The van der Waals surface area contributed by atoms with Gasteiger partial charge in [0, 0.05) is 42.9 Å². The van der Waals surface area contributed by atoms with Crippen LogP contribution in [0, 0.1) is 17.8 Å². The first-order chi connectivity index (χ1) is 21.0. The molecular formula is C32H37N3O8S. The summed E-state index contributed by atoms with van der Waals surface area (Å²) in [4.78, 5) is 19.8. The van der Waals surface area contributed by atoms with Gasteiger partial charge in [-0.15, -0.1) is 0 Å². The topological polar surface area (TPSA) is 128 Å². The van der Waals surface area contributed by atoms with E-state index in [0.717, 1.165) is 0 Å². The molecule has 0 saturated heterocycles. The molecule has 0 fully saturated rings. The number of pyridine rings is 1. The molecule has 1 aromatic heterocycles. The van der Waals surface area contributed by atoms with E-state index in [0.29, 0.717) is 28.4 Å². The zero-order valence-corrected chi connectivity index (χ0v) is 26.4. The minimum absolute atomic E-state index is 0.0156. The monoisotopic (exact) mass is 623 g/mol. The van der Waals surface area contributed by atoms with E-state index in [4.69, 9.17) is 18.9 Å². The van der Waals surface area contributed by atoms with Crippen LogP contribution < -0.4 is 18.9 Å². The van der Waals surface area contributed by atoms with Crippen molar-refractivity contribution in [2.24, 2.45) is 5.92 Å². The number of sulfonamides is 1. The van der Waals surface area contributed by atoms with Gasteiger partial charge in [-0.25, -0.2) is 13.4 Å². The Morgan fingerprint density at radius 3 is 2.48 bits per heavy atom. The molecule has 0 radical (unpaired) electrons. The summed E-state index contributed by atoms with van der Waals surface area (Å²) >= 11 is 0. The van der Waals surface area contributed by atoms with E-state index in [1.807, 2.05) is 6.92 Å². The van der Waals surface area contributed by atoms with E-state index in [1.54, 1.807) is 62.4 Å². The lowest BCUT2D eigenvalue weighted by molar-refractivity contribution is 0.0373. The SMILES string of the molecule is COc1cccc(S(=O)(=O)N(C)C[C@@H]2Oc3ncc(C#Cc4ccc(OC)c(OC)c4)cc3C(=O)N([C@H](C)CO)C[C@@H]2C)c1. The number of likely N-dealkylation sites (N-methyl/N-ethyl adjacent to an activating group) is 1. The fourth-order valence-electron chi connectivity index (χ4n) is 4.74. The molecule has 1 aliphatic heterocycles. The first-order valence-corrected chi connectivity index (χ1v) is 15.4. The quantitative estimate of drug-likeness (QED) is 0.358. The van der Waals surface area contributed by atoms with Crippen molar-refractivity contribution in [2.75, 3.05) is 48.1 Å². The van der Waals surface area contributed by atoms with Crippen LogP contribution in [0.5, 0.6) is 23.1 Å². The second-order valence-electron chi connectivity index (χ2n) is 10.5. The number of hydrogen-bond acceptors (Lipinski definition) is 9. The number of benzene rings is 2. The number of fused-ring (bicyclic) bond motifs is 1. The van der Waals surface area contributed by atoms with Crippen LogP contribution in [0.25, 0.3) is 0 Å². The summed E-state index contributed by atoms with van der Waals surface area (Å²) in [6.07, 6.45) is 0.830. The summed E-state index contributed by atoms with van der Waals surface area (Å²) in [6, 6.07) is 12.6. The molecule has 0 saturated carbocycles. The minimum Gasteiger partial charge on any atom is -0.497 e. The van der Waals surface area contributed by atoms with E-state index in [1.165, 1.54) is 36.8 Å². The molecule has 0 bridgehead atoms. The molecule has 234 valence electrons. The van der Waals surface area contributed by atoms with Crippen LogP contribution in [0.1, 0.15) is 35.3 Å². The average Bonchev–Trinajstić information content (AvgIpc) is 3.04. The molecule has 2 aromatic carbocycles. The van der Waals surface area contributed by atoms with E-state index in [-0.39, 0.29) is 47.9 Å². The molecule has 44 heavy (non-hydrogen) atoms. The molecule has 0 spiro atoms. The first kappa shape index (κ1) is 32.6. The van der Waals surface area contributed by atoms with Crippen molar-refractivity contribution in [3.05, 3.63) is 71.4 Å². The summed E-state index contributed by atoms with van der Waals surface area (Å²) in [6.45, 7) is 3.57. The van der Waals surface area contributed by atoms with Gasteiger partial charge in [0.25, 0.3) is 5.91 Å². The van der Waals surface area contributed by atoms with Gasteiger partial charge < -0.3 is 29.0 Å². The van der Waals surface area contributed by atoms with Gasteiger partial charge in [0.15, 0.2) is 11.5 Å². The van der Waals surface area contributed by atoms with Gasteiger partial charge in [-0.2, -0.15) is 4.31 Å². The predicted octanol–water partition coefficient (Wildman–Crippen LogP) is 3.05. The lowest BCUT2D eigenvalue weighted by Gasteiger charge is -2.37. The largest absolute Gasteiger partial charge is 0.497 e. The fraction of sp³-hybridized carbons (Fsp3) is 0.375. The lowest BCUT2D eigenvalue weighted by Crippen LogP contribution is -2.50. The number of aliphatic hydroxyl groups is 1. The van der Waals surface area contributed by atoms with Crippen molar-refractivity contribution in [1.29, 1.82) is 0 Å². The maximum absolute atomic E-state index is 13.7. The summed E-state index contributed by atoms with van der Waals surface area (Å²) in [5.74, 6) is 7.00. The highest BCUT2D eigenvalue weighted by molar-refractivity contribution is 7.89. The molecule has 2 heterocycles. The van der Waals surface area contributed by atoms with Crippen LogP contribution in [0.4, 0.5) is 0 Å². The number of aromatic nitrogens is 1. The van der Waals surface area contributed by atoms with E-state index >= 15 is 0 Å². The maximum atomic E-state index is 13.7. The van der Waals surface area contributed by atoms with Crippen molar-refractivity contribution >= 4 is 15.9 Å². The molecule has 1 aliphatic rings. The minimum atomic E-state index is -3.89. The number of aliphatic hydroxyl groups excluding tert-OH is 1. The van der Waals surface area contributed by atoms with Gasteiger partial charge in [-0.1, -0.05) is 24.8 Å². The zero-order chi connectivity index (χ0) is 32.0. The van der Waals surface area contributed by atoms with Crippen LogP contribution in [0.3, 0.4) is 0 Å². The lowest BCUT2D eigenvalue weighted by atomic mass is 10.0. The molecule has 12 heteroatoms. The van der Waals surface area contributed by atoms with Crippen LogP contribution in [-0.4, -0.2) is 93.8 Å². The number of carbonyl (C=O) groups excluding carboxylic acids is 1. The molecule has 4 rings (SSSR count). The van der Waals surface area contributed by atoms with Crippen LogP contribution in [0.15, 0.2) is 59.6 Å². The first-order valence-electron chi connectivity index (χ1n) is 13.9. The molecule has 3 aromatic rings. The van der Waals surface area contributed by atoms with Gasteiger partial charge in [-0.05, 0) is 43.3 Å². The number of nitrogens with zero attached hydrogens (tertiary/aromatic N) is 3. The number of methoxy groups -OCH3 is 3. The van der Waals surface area contributed by atoms with Crippen LogP contribution >= 0.6 is 0 Å². The Kier molecular flexibility index (Phi) is 10.4. The Bertz CT molecular complexity index is 1670. The van der Waals surface area contributed by atoms with E-state index in [2.05, 4.69) is 16.8 Å². The third-order valence-electron chi connectivity index (χ3n) is 7.44. The molecule has 11 nitrogen and oxygen atoms in total. The van der Waals surface area contributed by atoms with Gasteiger partial charge in [0.05, 0.1) is 45.4 Å². The molecule has 0 aliphatic carbocycles. The zero-order valence-electron chi connectivity index (χ0n) is 25.6. The summed E-state index contributed by atoms with van der Waals surface area (Å²) in [7, 11) is 2.15. The number of carbonyl (C=O) groups is 1. The molecule has 3 atom stereocenters. The summed E-state index contributed by atoms with van der Waals surface area (Å²) in [5.41, 5.74) is 1.30. The second-order valence-corrected chi connectivity index (χ2v) is 12.5. The highest BCUT2D eigenvalue weighted by Gasteiger charge is 2.36. The van der Waals surface area contributed by atoms with E-state index < -0.39 is 22.2 Å². The predicted molar refractivity (Wildman–Crippen MR) is 164 cm³/mol. The highest BCUT2D eigenvalue weighted by Crippen LogP contribution is 2.29. The van der Waals surface area contributed by atoms with Gasteiger partial charge in [0.1, 0.15) is 17.4 Å². The molecule has 1 amide bonds. The van der Waals surface area contributed by atoms with Crippen LogP contribution in [-0.2, 0) is 10.0 Å². The van der Waals surface area contributed by atoms with Crippen molar-refractivity contribution in [1.82, 2.24) is 14.2 Å². The third kappa shape index (κ3) is 7.07. The number of ether oxygens (including phenoxy) is 4. The van der Waals surface area contributed by atoms with Crippen molar-refractivity contribution in [3.8, 4) is 35.0 Å². The van der Waals surface area contributed by atoms with E-state index in [9.17, 15) is 18.3 Å². The Labute approximate surface area is 258 Å². The highest BCUT2D eigenvalue weighted by atomic mass is 32.2. The molecule has 1 N–H and O–H groups in total. The Hall–Kier alpha value is -4.31. The number of amides is 1. The Balaban J connectivity index is 1.68. The standard InChI is InChI=1S/C32H37N3O8S/c1-21-18-35(22(2)20-36)32(37)27-14-24(11-10-23-12-13-28(41-5)29(15-23)42-6)17-33-31(27)43-30(21)19-34(3)44(38,39)26-9-7-8-25(16-26)40-4/h7-9,12-17,21-22,30,36H,18-20H2,1-6H3/t21-,22+,30-/m0/s1. The second kappa shape index (κ2) is 14.0. The number of rotatable bonds is 9. The third-order valence-corrected chi connectivity index (χ3v) is 9.26. The summed E-state index contributed by atoms with van der Waals surface area (Å²) < 4.78 is 50.2. The van der Waals surface area contributed by atoms with Crippen molar-refractivity contribution in [2.45, 2.75) is 30.9 Å². The molecular weight excluding hydrogens is 586 g/mol. The van der Waals surface area contributed by atoms with Crippen LogP contribution in [0.2, 0.25) is 0 Å².